The summed E-state index contributed by atoms with van der Waals surface area (Å²) in [5.41, 5.74) is 6.96. The maximum atomic E-state index is 5.82. The summed E-state index contributed by atoms with van der Waals surface area (Å²) in [6.45, 7) is 4.50. The molecule has 1 atom stereocenters. The molecule has 92 valence electrons. The van der Waals surface area contributed by atoms with Crippen molar-refractivity contribution in [3.05, 3.63) is 11.8 Å². The minimum atomic E-state index is 0.433. The molecule has 2 fully saturated rings. The Bertz CT molecular complexity index is 414. The zero-order valence-electron chi connectivity index (χ0n) is 10.4. The van der Waals surface area contributed by atoms with Gasteiger partial charge >= 0.3 is 0 Å². The van der Waals surface area contributed by atoms with Crippen LogP contribution in [0.2, 0.25) is 0 Å². The van der Waals surface area contributed by atoms with Crippen LogP contribution < -0.4 is 10.6 Å². The zero-order valence-corrected chi connectivity index (χ0v) is 10.4. The summed E-state index contributed by atoms with van der Waals surface area (Å²) in [5, 5.41) is 0. The first-order valence-electron chi connectivity index (χ1n) is 6.62. The summed E-state index contributed by atoms with van der Waals surface area (Å²) in [4.78, 5) is 11.1. The van der Waals surface area contributed by atoms with Crippen molar-refractivity contribution >= 4 is 11.8 Å². The molecule has 3 rings (SSSR count). The lowest BCUT2D eigenvalue weighted by atomic mass is 10.0. The van der Waals surface area contributed by atoms with Gasteiger partial charge in [-0.15, -0.1) is 0 Å². The fraction of sp³-hybridized carbons (Fsp3) is 0.692. The van der Waals surface area contributed by atoms with Crippen LogP contribution in [-0.2, 0) is 0 Å². The molecule has 0 radical (unpaired) electrons. The van der Waals surface area contributed by atoms with Crippen molar-refractivity contribution in [3.8, 4) is 0 Å². The largest absolute Gasteiger partial charge is 0.368 e. The van der Waals surface area contributed by atoms with E-state index in [4.69, 9.17) is 5.73 Å². The second kappa shape index (κ2) is 4.17. The molecule has 1 aromatic heterocycles. The van der Waals surface area contributed by atoms with E-state index >= 15 is 0 Å². The van der Waals surface area contributed by atoms with E-state index in [1.807, 2.05) is 0 Å². The van der Waals surface area contributed by atoms with Crippen LogP contribution in [-0.4, -0.2) is 23.1 Å². The highest BCUT2D eigenvalue weighted by Crippen LogP contribution is 2.40. The van der Waals surface area contributed by atoms with Crippen molar-refractivity contribution in [2.45, 2.75) is 38.5 Å². The Morgan fingerprint density at radius 3 is 2.82 bits per heavy atom. The van der Waals surface area contributed by atoms with Gasteiger partial charge in [0.25, 0.3) is 0 Å². The van der Waals surface area contributed by atoms with Crippen LogP contribution in [0, 0.1) is 5.92 Å². The summed E-state index contributed by atoms with van der Waals surface area (Å²) < 4.78 is 0. The van der Waals surface area contributed by atoms with Gasteiger partial charge in [-0.05, 0) is 31.6 Å². The number of hydrogen-bond acceptors (Lipinski definition) is 4. The average molecular weight is 232 g/mol. The second-order valence-corrected chi connectivity index (χ2v) is 5.48. The van der Waals surface area contributed by atoms with Crippen LogP contribution in [0.5, 0.6) is 0 Å². The molecule has 1 aliphatic heterocycles. The minimum absolute atomic E-state index is 0.433. The Kier molecular flexibility index (Phi) is 2.65. The zero-order chi connectivity index (χ0) is 11.8. The van der Waals surface area contributed by atoms with Crippen molar-refractivity contribution in [1.82, 2.24) is 9.97 Å². The lowest BCUT2D eigenvalue weighted by molar-refractivity contribution is 0.444. The van der Waals surface area contributed by atoms with Gasteiger partial charge in [0.2, 0.25) is 5.95 Å². The van der Waals surface area contributed by atoms with Crippen molar-refractivity contribution in [3.63, 3.8) is 0 Å². The van der Waals surface area contributed by atoms with Crippen molar-refractivity contribution in [1.29, 1.82) is 0 Å². The van der Waals surface area contributed by atoms with E-state index in [1.54, 1.807) is 0 Å². The molecule has 0 unspecified atom stereocenters. The molecule has 17 heavy (non-hydrogen) atoms. The predicted molar refractivity (Wildman–Crippen MR) is 69.0 cm³/mol. The van der Waals surface area contributed by atoms with Crippen LogP contribution in [0.4, 0.5) is 11.8 Å². The number of hydrogen-bond donors (Lipinski definition) is 1. The Morgan fingerprint density at radius 2 is 2.12 bits per heavy atom. The van der Waals surface area contributed by atoms with E-state index < -0.39 is 0 Å². The number of nitrogens with two attached hydrogens (primary N) is 1. The van der Waals surface area contributed by atoms with Crippen LogP contribution in [0.15, 0.2) is 6.07 Å². The Balaban J connectivity index is 1.85. The summed E-state index contributed by atoms with van der Waals surface area (Å²) >= 11 is 0. The molecule has 0 spiro atoms. The SMILES string of the molecule is C[C@@H]1CCCN(c2cc(C3CC3)nc(N)n2)C1. The average Bonchev–Trinajstić information content (AvgIpc) is 3.12. The number of aromatic nitrogens is 2. The summed E-state index contributed by atoms with van der Waals surface area (Å²) in [7, 11) is 0. The van der Waals surface area contributed by atoms with Crippen molar-refractivity contribution in [2.75, 3.05) is 23.7 Å². The van der Waals surface area contributed by atoms with E-state index in [2.05, 4.69) is 27.9 Å². The Morgan fingerprint density at radius 1 is 1.29 bits per heavy atom. The van der Waals surface area contributed by atoms with E-state index in [1.165, 1.54) is 25.7 Å². The highest BCUT2D eigenvalue weighted by atomic mass is 15.2. The molecule has 0 aromatic carbocycles. The first-order valence-corrected chi connectivity index (χ1v) is 6.62. The first-order chi connectivity index (χ1) is 8.22. The van der Waals surface area contributed by atoms with E-state index in [-0.39, 0.29) is 0 Å². The molecular formula is C13H20N4. The summed E-state index contributed by atoms with van der Waals surface area (Å²) in [5.74, 6) is 2.86. The van der Waals surface area contributed by atoms with E-state index in [0.29, 0.717) is 11.9 Å². The van der Waals surface area contributed by atoms with Gasteiger partial charge in [-0.25, -0.2) is 4.98 Å². The van der Waals surface area contributed by atoms with Gasteiger partial charge < -0.3 is 10.6 Å². The molecule has 0 amide bonds. The fourth-order valence-corrected chi connectivity index (χ4v) is 2.62. The predicted octanol–water partition coefficient (Wildman–Crippen LogP) is 2.17. The Labute approximate surface area is 102 Å². The van der Waals surface area contributed by atoms with Crippen LogP contribution >= 0.6 is 0 Å². The standard InChI is InChI=1S/C13H20N4/c1-9-3-2-6-17(8-9)12-7-11(10-4-5-10)15-13(14)16-12/h7,9-10H,2-6,8H2,1H3,(H2,14,15,16)/t9-/m1/s1. The first kappa shape index (κ1) is 10.8. The lowest BCUT2D eigenvalue weighted by Crippen LogP contribution is -2.35. The van der Waals surface area contributed by atoms with E-state index in [0.717, 1.165) is 30.5 Å². The number of nitrogens with zero attached hydrogens (tertiary/aromatic N) is 3. The third kappa shape index (κ3) is 2.35. The number of anilines is 2. The normalized spacial score (nSPS) is 25.0. The molecule has 4 nitrogen and oxygen atoms in total. The quantitative estimate of drug-likeness (QED) is 0.849. The van der Waals surface area contributed by atoms with Gasteiger partial charge in [0.1, 0.15) is 5.82 Å². The fourth-order valence-electron chi connectivity index (χ4n) is 2.62. The summed E-state index contributed by atoms with van der Waals surface area (Å²) in [6, 6.07) is 2.14. The molecule has 0 bridgehead atoms. The van der Waals surface area contributed by atoms with Crippen LogP contribution in [0.3, 0.4) is 0 Å². The molecule has 1 aromatic rings. The molecule has 2 aliphatic rings. The van der Waals surface area contributed by atoms with Gasteiger partial charge in [-0.3, -0.25) is 0 Å². The molecule has 2 heterocycles. The number of nitrogen functional groups attached to an aromatic ring is 1. The maximum absolute atomic E-state index is 5.82. The molecule has 4 heteroatoms. The van der Waals surface area contributed by atoms with Crippen molar-refractivity contribution in [2.24, 2.45) is 5.92 Å². The smallest absolute Gasteiger partial charge is 0.222 e. The maximum Gasteiger partial charge on any atom is 0.222 e. The minimum Gasteiger partial charge on any atom is -0.368 e. The van der Waals surface area contributed by atoms with Gasteiger partial charge in [0.05, 0.1) is 5.69 Å². The highest BCUT2D eigenvalue weighted by molar-refractivity contribution is 5.45. The Hall–Kier alpha value is -1.32. The monoisotopic (exact) mass is 232 g/mol. The summed E-state index contributed by atoms with van der Waals surface area (Å²) in [6.07, 6.45) is 5.09. The number of rotatable bonds is 2. The third-order valence-electron chi connectivity index (χ3n) is 3.73. The van der Waals surface area contributed by atoms with Crippen LogP contribution in [0.25, 0.3) is 0 Å². The van der Waals surface area contributed by atoms with Gasteiger partial charge in [0, 0.05) is 25.1 Å². The van der Waals surface area contributed by atoms with Crippen LogP contribution in [0.1, 0.15) is 44.2 Å². The third-order valence-corrected chi connectivity index (χ3v) is 3.73. The van der Waals surface area contributed by atoms with Gasteiger partial charge in [0.15, 0.2) is 0 Å². The van der Waals surface area contributed by atoms with Gasteiger partial charge in [-0.1, -0.05) is 6.92 Å². The highest BCUT2D eigenvalue weighted by Gasteiger charge is 2.27. The molecule has 1 aliphatic carbocycles. The topological polar surface area (TPSA) is 55.0 Å². The molecular weight excluding hydrogens is 212 g/mol. The number of piperidine rings is 1. The molecule has 2 N–H and O–H groups in total. The van der Waals surface area contributed by atoms with Crippen molar-refractivity contribution < 1.29 is 0 Å². The van der Waals surface area contributed by atoms with E-state index in [9.17, 15) is 0 Å². The molecule has 1 saturated heterocycles. The molecule has 1 saturated carbocycles. The lowest BCUT2D eigenvalue weighted by Gasteiger charge is -2.32. The van der Waals surface area contributed by atoms with Gasteiger partial charge in [-0.2, -0.15) is 4.98 Å². The second-order valence-electron chi connectivity index (χ2n) is 5.48.